The number of carbonyl (C=O) groups is 4. The van der Waals surface area contributed by atoms with Gasteiger partial charge in [-0.05, 0) is 75.2 Å². The summed E-state index contributed by atoms with van der Waals surface area (Å²) in [4.78, 5) is 51.7. The van der Waals surface area contributed by atoms with E-state index >= 15 is 0 Å². The first-order valence-electron chi connectivity index (χ1n) is 17.5. The Kier molecular flexibility index (Phi) is 12.7. The summed E-state index contributed by atoms with van der Waals surface area (Å²) in [6, 6.07) is 11.0. The van der Waals surface area contributed by atoms with Gasteiger partial charge in [0.15, 0.2) is 21.1 Å². The highest BCUT2D eigenvalue weighted by Crippen LogP contribution is 2.46. The van der Waals surface area contributed by atoms with Crippen LogP contribution in [0.4, 0.5) is 5.69 Å². The molecule has 1 fully saturated rings. The topological polar surface area (TPSA) is 268 Å². The molecule has 2 heterocycles. The Morgan fingerprint density at radius 2 is 1.56 bits per heavy atom. The molecular weight excluding hydrogens is 759 g/mol. The van der Waals surface area contributed by atoms with Gasteiger partial charge in [-0.15, -0.1) is 5.06 Å². The molecule has 2 aliphatic heterocycles. The molecule has 6 N–H and O–H groups in total. The van der Waals surface area contributed by atoms with Crippen molar-refractivity contribution in [2.45, 2.75) is 67.6 Å². The number of amides is 2. The molecule has 0 radical (unpaired) electrons. The Bertz CT molecular complexity index is 2380. The largest absolute Gasteiger partial charge is 0.478 e. The quantitative estimate of drug-likeness (QED) is 0.0316. The van der Waals surface area contributed by atoms with Gasteiger partial charge >= 0.3 is 11.9 Å². The first kappa shape index (κ1) is 41.0. The van der Waals surface area contributed by atoms with Crippen LogP contribution in [-0.2, 0) is 39.4 Å². The number of carboxylic acid groups (broad SMARTS) is 1. The van der Waals surface area contributed by atoms with E-state index < -0.39 is 76.1 Å². The SMILES string of the molecule is CNCCCCCN(CCCCCC(=O)ON1C(=O)CCC1=O)S(=O)(=O)c1c2oc3c(S(=O)(=O)O)c(N)ccc3c(-c3ccccc3C(=O)O)c-2ccc1=N. The van der Waals surface area contributed by atoms with E-state index in [9.17, 15) is 45.7 Å². The van der Waals surface area contributed by atoms with Gasteiger partial charge in [0, 0.05) is 48.9 Å². The van der Waals surface area contributed by atoms with Gasteiger partial charge in [0.1, 0.15) is 0 Å². The van der Waals surface area contributed by atoms with E-state index in [0.717, 1.165) is 6.42 Å². The zero-order valence-electron chi connectivity index (χ0n) is 29.9. The fourth-order valence-electron chi connectivity index (χ4n) is 6.47. The first-order valence-corrected chi connectivity index (χ1v) is 20.3. The maximum atomic E-state index is 14.7. The molecule has 5 rings (SSSR count). The van der Waals surface area contributed by atoms with Gasteiger partial charge in [0.2, 0.25) is 10.0 Å². The number of carboxylic acids is 1. The van der Waals surface area contributed by atoms with Crippen molar-refractivity contribution in [3.05, 3.63) is 59.5 Å². The summed E-state index contributed by atoms with van der Waals surface area (Å²) in [7, 11) is -7.94. The molecule has 17 nitrogen and oxygen atoms in total. The number of unbranched alkanes of at least 4 members (excludes halogenated alkanes) is 4. The summed E-state index contributed by atoms with van der Waals surface area (Å²) in [5, 5.41) is 21.9. The number of carbonyl (C=O) groups excluding carboxylic acids is 3. The molecule has 1 aliphatic carbocycles. The van der Waals surface area contributed by atoms with Crippen molar-refractivity contribution in [1.29, 1.82) is 5.41 Å². The zero-order valence-corrected chi connectivity index (χ0v) is 31.5. The Balaban J connectivity index is 1.57. The van der Waals surface area contributed by atoms with Crippen LogP contribution in [0.3, 0.4) is 0 Å². The van der Waals surface area contributed by atoms with Crippen molar-refractivity contribution in [3.63, 3.8) is 0 Å². The third-order valence-corrected chi connectivity index (χ3v) is 12.0. The second-order valence-corrected chi connectivity index (χ2v) is 16.1. The van der Waals surface area contributed by atoms with E-state index in [4.69, 9.17) is 20.4 Å². The summed E-state index contributed by atoms with van der Waals surface area (Å²) >= 11 is 0. The van der Waals surface area contributed by atoms with Gasteiger partial charge in [0.25, 0.3) is 21.9 Å². The lowest BCUT2D eigenvalue weighted by Gasteiger charge is -2.25. The predicted molar refractivity (Wildman–Crippen MR) is 197 cm³/mol. The number of hydroxylamine groups is 2. The number of nitrogen functional groups attached to an aromatic ring is 1. The molecule has 0 aromatic heterocycles. The lowest BCUT2D eigenvalue weighted by molar-refractivity contribution is -0.197. The van der Waals surface area contributed by atoms with E-state index in [1.165, 1.54) is 46.8 Å². The number of hydrogen-bond acceptors (Lipinski definition) is 13. The Morgan fingerprint density at radius 3 is 2.20 bits per heavy atom. The number of imide groups is 1. The van der Waals surface area contributed by atoms with Crippen molar-refractivity contribution in [3.8, 4) is 22.5 Å². The Labute approximate surface area is 316 Å². The number of benzene rings is 3. The maximum absolute atomic E-state index is 14.7. The summed E-state index contributed by atoms with van der Waals surface area (Å²) in [6.07, 6.45) is 2.45. The minimum Gasteiger partial charge on any atom is -0.478 e. The molecule has 0 unspecified atom stereocenters. The van der Waals surface area contributed by atoms with E-state index in [1.807, 2.05) is 0 Å². The van der Waals surface area contributed by atoms with Crippen LogP contribution in [0.15, 0.2) is 62.7 Å². The molecular formula is C36H41N5O12S2. The third kappa shape index (κ3) is 8.86. The van der Waals surface area contributed by atoms with Gasteiger partial charge < -0.3 is 25.4 Å². The number of hydrogen-bond donors (Lipinski definition) is 5. The summed E-state index contributed by atoms with van der Waals surface area (Å²) in [5.41, 5.74) is 5.02. The number of rotatable bonds is 18. The van der Waals surface area contributed by atoms with Gasteiger partial charge in [0.05, 0.1) is 16.6 Å². The molecule has 3 aliphatic rings. The van der Waals surface area contributed by atoms with E-state index in [2.05, 4.69) is 5.32 Å². The van der Waals surface area contributed by atoms with Gasteiger partial charge in [-0.25, -0.2) is 18.0 Å². The fourth-order valence-corrected chi connectivity index (χ4v) is 8.95. The van der Waals surface area contributed by atoms with Crippen LogP contribution in [0.2, 0.25) is 0 Å². The predicted octanol–water partition coefficient (Wildman–Crippen LogP) is 3.76. The number of nitrogens with zero attached hydrogens (tertiary/aromatic N) is 2. The van der Waals surface area contributed by atoms with Gasteiger partial charge in [-0.3, -0.25) is 19.6 Å². The summed E-state index contributed by atoms with van der Waals surface area (Å²) in [5.74, 6) is -3.78. The number of sulfonamides is 1. The molecule has 0 saturated carbocycles. The lowest BCUT2D eigenvalue weighted by Crippen LogP contribution is -2.36. The maximum Gasteiger partial charge on any atom is 0.336 e. The van der Waals surface area contributed by atoms with Gasteiger partial charge in [-0.1, -0.05) is 31.0 Å². The molecule has 19 heteroatoms. The van der Waals surface area contributed by atoms with Crippen LogP contribution in [-0.4, -0.2) is 86.3 Å². The Hall–Kier alpha value is -5.21. The second-order valence-electron chi connectivity index (χ2n) is 12.9. The average Bonchev–Trinajstić information content (AvgIpc) is 3.43. The third-order valence-electron chi connectivity index (χ3n) is 9.10. The van der Waals surface area contributed by atoms with Crippen LogP contribution in [0, 0.1) is 5.41 Å². The Morgan fingerprint density at radius 1 is 0.909 bits per heavy atom. The fraction of sp³-hybridized carbons (Fsp3) is 0.361. The smallest absolute Gasteiger partial charge is 0.336 e. The van der Waals surface area contributed by atoms with Crippen LogP contribution >= 0.6 is 0 Å². The highest BCUT2D eigenvalue weighted by atomic mass is 32.2. The number of nitrogens with two attached hydrogens (primary N) is 1. The normalized spacial score (nSPS) is 13.7. The standard InChI is InChI=1S/C36H41N5O12S2/c1-39-19-7-3-9-21-40(20-8-2-4-12-30(44)53-41-28(42)17-18-29(41)43)54(47,48)34-26(37)15-13-24-31(22-10-5-6-11-23(22)36(45)46)25-14-16-27(38)35(55(49,50)51)33(25)52-32(24)34/h5-6,10-11,13-16,37,39H,2-4,7-9,12,17-21,38H2,1H3,(H,45,46)(H,49,50,51). The minimum absolute atomic E-state index is 0.00230. The number of aromatic carboxylic acids is 1. The molecule has 2 amide bonds. The summed E-state index contributed by atoms with van der Waals surface area (Å²) < 4.78 is 72.4. The molecule has 0 atom stereocenters. The highest BCUT2D eigenvalue weighted by Gasteiger charge is 2.35. The van der Waals surface area contributed by atoms with Crippen LogP contribution in [0.1, 0.15) is 68.1 Å². The molecule has 55 heavy (non-hydrogen) atoms. The monoisotopic (exact) mass is 799 g/mol. The molecule has 1 saturated heterocycles. The lowest BCUT2D eigenvalue weighted by atomic mass is 9.90. The van der Waals surface area contributed by atoms with Crippen LogP contribution in [0.5, 0.6) is 0 Å². The van der Waals surface area contributed by atoms with E-state index in [1.54, 1.807) is 13.1 Å². The van der Waals surface area contributed by atoms with Crippen molar-refractivity contribution >= 4 is 60.6 Å². The van der Waals surface area contributed by atoms with Crippen molar-refractivity contribution in [2.24, 2.45) is 0 Å². The second kappa shape index (κ2) is 17.1. The summed E-state index contributed by atoms with van der Waals surface area (Å²) in [6.45, 7) is 0.659. The highest BCUT2D eigenvalue weighted by molar-refractivity contribution is 7.89. The average molecular weight is 800 g/mol. The number of nitrogens with one attached hydrogen (secondary N) is 2. The molecule has 0 bridgehead atoms. The number of fused-ring (bicyclic) bond motifs is 2. The van der Waals surface area contributed by atoms with Crippen LogP contribution < -0.4 is 16.4 Å². The van der Waals surface area contributed by atoms with Crippen molar-refractivity contribution in [2.75, 3.05) is 32.4 Å². The van der Waals surface area contributed by atoms with Crippen molar-refractivity contribution < 1.29 is 54.9 Å². The minimum atomic E-state index is -5.10. The van der Waals surface area contributed by atoms with E-state index in [0.29, 0.717) is 30.9 Å². The molecule has 0 spiro atoms. The molecule has 2 aromatic carbocycles. The van der Waals surface area contributed by atoms with E-state index in [-0.39, 0.29) is 72.8 Å². The molecule has 2 aromatic rings. The zero-order chi connectivity index (χ0) is 40.1. The van der Waals surface area contributed by atoms with Crippen LogP contribution in [0.25, 0.3) is 33.4 Å². The number of anilines is 1. The molecule has 294 valence electrons. The first-order chi connectivity index (χ1) is 26.1. The van der Waals surface area contributed by atoms with Gasteiger partial charge in [-0.2, -0.15) is 12.7 Å². The van der Waals surface area contributed by atoms with Crippen molar-refractivity contribution in [1.82, 2.24) is 14.7 Å².